The first-order chi connectivity index (χ1) is 14.1. The van der Waals surface area contributed by atoms with Crippen LogP contribution in [0.1, 0.15) is 11.3 Å². The van der Waals surface area contributed by atoms with Gasteiger partial charge in [0.2, 0.25) is 11.1 Å². The van der Waals surface area contributed by atoms with E-state index in [9.17, 15) is 4.79 Å². The molecule has 0 bridgehead atoms. The molecule has 0 atom stereocenters. The highest BCUT2D eigenvalue weighted by Gasteiger charge is 2.13. The number of H-pyrrole nitrogens is 1. The minimum atomic E-state index is -0.0619. The van der Waals surface area contributed by atoms with Gasteiger partial charge in [-0.05, 0) is 47.5 Å². The van der Waals surface area contributed by atoms with Crippen LogP contribution in [0.15, 0.2) is 53.7 Å². The number of para-hydroxylation sites is 2. The smallest absolute Gasteiger partial charge is 0.230 e. The number of carbonyl (C=O) groups excluding carboxylic acids is 1. The zero-order valence-corrected chi connectivity index (χ0v) is 17.3. The molecule has 4 aromatic rings. The molecule has 29 heavy (non-hydrogen) atoms. The Morgan fingerprint density at radius 1 is 1.21 bits per heavy atom. The summed E-state index contributed by atoms with van der Waals surface area (Å²) in [5.74, 6) is 0.180. The fraction of sp³-hybridized carbons (Fsp3) is 0.200. The summed E-state index contributed by atoms with van der Waals surface area (Å²) >= 11 is 7.56. The summed E-state index contributed by atoms with van der Waals surface area (Å²) in [5, 5.41) is 17.1. The van der Waals surface area contributed by atoms with Gasteiger partial charge in [0.15, 0.2) is 0 Å². The standard InChI is InChI=1S/C20H19ClN6OS/c1-13-15(16-8-5-9-17(21)19(16)23-13)10-11-22-18(28)12-29-20-24-25-26-27(20)14-6-3-2-4-7-14/h2-9,23H,10-12H2,1H3,(H,22,28). The van der Waals surface area contributed by atoms with Crippen LogP contribution in [0.3, 0.4) is 0 Å². The van der Waals surface area contributed by atoms with Gasteiger partial charge in [-0.25, -0.2) is 0 Å². The van der Waals surface area contributed by atoms with E-state index in [1.807, 2.05) is 55.5 Å². The second-order valence-corrected chi connectivity index (χ2v) is 7.84. The molecule has 9 heteroatoms. The second kappa shape index (κ2) is 8.67. The molecule has 2 N–H and O–H groups in total. The third kappa shape index (κ3) is 4.28. The van der Waals surface area contributed by atoms with E-state index in [0.717, 1.165) is 28.7 Å². The summed E-state index contributed by atoms with van der Waals surface area (Å²) < 4.78 is 1.62. The van der Waals surface area contributed by atoms with E-state index >= 15 is 0 Å². The number of fused-ring (bicyclic) bond motifs is 1. The molecule has 0 aliphatic rings. The molecule has 0 fully saturated rings. The van der Waals surface area contributed by atoms with Crippen LogP contribution < -0.4 is 5.32 Å². The fourth-order valence-electron chi connectivity index (χ4n) is 3.20. The van der Waals surface area contributed by atoms with Crippen LogP contribution in [-0.4, -0.2) is 43.4 Å². The molecule has 2 heterocycles. The van der Waals surface area contributed by atoms with Crippen LogP contribution in [0.4, 0.5) is 0 Å². The van der Waals surface area contributed by atoms with Crippen LogP contribution in [0.5, 0.6) is 0 Å². The van der Waals surface area contributed by atoms with Crippen molar-refractivity contribution in [2.24, 2.45) is 0 Å². The molecule has 2 aromatic carbocycles. The van der Waals surface area contributed by atoms with Gasteiger partial charge in [0, 0.05) is 17.6 Å². The predicted molar refractivity (Wildman–Crippen MR) is 115 cm³/mol. The van der Waals surface area contributed by atoms with Gasteiger partial charge >= 0.3 is 0 Å². The molecule has 0 aliphatic carbocycles. The third-order valence-corrected chi connectivity index (χ3v) is 5.81. The number of benzene rings is 2. The van der Waals surface area contributed by atoms with Crippen molar-refractivity contribution in [1.82, 2.24) is 30.5 Å². The van der Waals surface area contributed by atoms with Gasteiger partial charge in [0.05, 0.1) is 22.0 Å². The van der Waals surface area contributed by atoms with Crippen molar-refractivity contribution in [3.05, 3.63) is 64.8 Å². The van der Waals surface area contributed by atoms with Gasteiger partial charge in [-0.1, -0.05) is 53.7 Å². The first kappa shape index (κ1) is 19.5. The lowest BCUT2D eigenvalue weighted by atomic mass is 10.1. The van der Waals surface area contributed by atoms with Crippen LogP contribution in [0.25, 0.3) is 16.6 Å². The molecule has 0 unspecified atom stereocenters. The van der Waals surface area contributed by atoms with Gasteiger partial charge in [0.25, 0.3) is 0 Å². The maximum absolute atomic E-state index is 12.3. The Balaban J connectivity index is 1.33. The molecular weight excluding hydrogens is 408 g/mol. The Labute approximate surface area is 176 Å². The number of aryl methyl sites for hydroxylation is 1. The number of rotatable bonds is 7. The summed E-state index contributed by atoms with van der Waals surface area (Å²) in [6.45, 7) is 2.57. The molecule has 1 amide bonds. The van der Waals surface area contributed by atoms with Gasteiger partial charge in [-0.3, -0.25) is 4.79 Å². The van der Waals surface area contributed by atoms with Gasteiger partial charge in [-0.2, -0.15) is 4.68 Å². The third-order valence-electron chi connectivity index (χ3n) is 4.58. The van der Waals surface area contributed by atoms with Gasteiger partial charge in [0.1, 0.15) is 0 Å². The first-order valence-electron chi connectivity index (χ1n) is 9.12. The lowest BCUT2D eigenvalue weighted by molar-refractivity contribution is -0.118. The number of halogens is 1. The zero-order chi connectivity index (χ0) is 20.2. The number of aromatic nitrogens is 5. The number of nitrogens with zero attached hydrogens (tertiary/aromatic N) is 4. The SMILES string of the molecule is Cc1[nH]c2c(Cl)cccc2c1CCNC(=O)CSc1nnnn1-c1ccccc1. The van der Waals surface area contributed by atoms with Crippen LogP contribution in [0.2, 0.25) is 5.02 Å². The highest BCUT2D eigenvalue weighted by molar-refractivity contribution is 7.99. The second-order valence-electron chi connectivity index (χ2n) is 6.49. The van der Waals surface area contributed by atoms with Gasteiger partial charge < -0.3 is 10.3 Å². The van der Waals surface area contributed by atoms with Crippen molar-refractivity contribution in [2.45, 2.75) is 18.5 Å². The monoisotopic (exact) mass is 426 g/mol. The molecule has 0 saturated carbocycles. The number of hydrogen-bond donors (Lipinski definition) is 2. The molecule has 7 nitrogen and oxygen atoms in total. The Bertz CT molecular complexity index is 1140. The molecule has 2 aromatic heterocycles. The Morgan fingerprint density at radius 2 is 2.03 bits per heavy atom. The van der Waals surface area contributed by atoms with Crippen molar-refractivity contribution in [2.75, 3.05) is 12.3 Å². The lowest BCUT2D eigenvalue weighted by Crippen LogP contribution is -2.27. The topological polar surface area (TPSA) is 88.5 Å². The largest absolute Gasteiger partial charge is 0.357 e. The Kier molecular flexibility index (Phi) is 5.82. The summed E-state index contributed by atoms with van der Waals surface area (Å²) in [6.07, 6.45) is 0.727. The number of nitrogens with one attached hydrogen (secondary N) is 2. The molecule has 0 spiro atoms. The van der Waals surface area contributed by atoms with E-state index in [1.165, 1.54) is 17.3 Å². The molecule has 0 radical (unpaired) electrons. The number of thioether (sulfide) groups is 1. The van der Waals surface area contributed by atoms with Crippen LogP contribution in [-0.2, 0) is 11.2 Å². The van der Waals surface area contributed by atoms with E-state index in [0.29, 0.717) is 16.7 Å². The number of tetrazole rings is 1. The quantitative estimate of drug-likeness (QED) is 0.441. The highest BCUT2D eigenvalue weighted by atomic mass is 35.5. The lowest BCUT2D eigenvalue weighted by Gasteiger charge is -2.06. The average molecular weight is 427 g/mol. The minimum Gasteiger partial charge on any atom is -0.357 e. The maximum Gasteiger partial charge on any atom is 0.230 e. The number of carbonyl (C=O) groups is 1. The van der Waals surface area contributed by atoms with E-state index in [4.69, 9.17) is 11.6 Å². The van der Waals surface area contributed by atoms with Crippen molar-refractivity contribution < 1.29 is 4.79 Å². The zero-order valence-electron chi connectivity index (χ0n) is 15.7. The maximum atomic E-state index is 12.3. The Morgan fingerprint density at radius 3 is 2.86 bits per heavy atom. The van der Waals surface area contributed by atoms with E-state index in [2.05, 4.69) is 25.8 Å². The van der Waals surface area contributed by atoms with Crippen LogP contribution in [0, 0.1) is 6.92 Å². The normalized spacial score (nSPS) is 11.1. The molecule has 148 valence electrons. The molecular formula is C20H19ClN6OS. The van der Waals surface area contributed by atoms with E-state index < -0.39 is 0 Å². The Hall–Kier alpha value is -2.84. The van der Waals surface area contributed by atoms with Gasteiger partial charge in [-0.15, -0.1) is 5.10 Å². The minimum absolute atomic E-state index is 0.0619. The number of hydrogen-bond acceptors (Lipinski definition) is 5. The van der Waals surface area contributed by atoms with Crippen molar-refractivity contribution >= 4 is 40.2 Å². The summed E-state index contributed by atoms with van der Waals surface area (Å²) in [7, 11) is 0. The average Bonchev–Trinajstić information content (AvgIpc) is 3.33. The van der Waals surface area contributed by atoms with E-state index in [-0.39, 0.29) is 11.7 Å². The van der Waals surface area contributed by atoms with Crippen LogP contribution >= 0.6 is 23.4 Å². The molecule has 4 rings (SSSR count). The van der Waals surface area contributed by atoms with Crippen molar-refractivity contribution in [3.8, 4) is 5.69 Å². The van der Waals surface area contributed by atoms with E-state index in [1.54, 1.807) is 4.68 Å². The first-order valence-corrected chi connectivity index (χ1v) is 10.5. The predicted octanol–water partition coefficient (Wildman–Crippen LogP) is 3.56. The van der Waals surface area contributed by atoms with Crippen molar-refractivity contribution in [3.63, 3.8) is 0 Å². The summed E-state index contributed by atoms with van der Waals surface area (Å²) in [4.78, 5) is 15.6. The fourth-order valence-corrected chi connectivity index (χ4v) is 4.14. The number of amides is 1. The highest BCUT2D eigenvalue weighted by Crippen LogP contribution is 2.28. The van der Waals surface area contributed by atoms with Crippen molar-refractivity contribution in [1.29, 1.82) is 0 Å². The summed E-state index contributed by atoms with van der Waals surface area (Å²) in [5.41, 5.74) is 4.03. The summed E-state index contributed by atoms with van der Waals surface area (Å²) in [6, 6.07) is 15.4. The molecule has 0 aliphatic heterocycles. The number of aromatic amines is 1. The molecule has 0 saturated heterocycles.